The highest BCUT2D eigenvalue weighted by Gasteiger charge is 2.20. The lowest BCUT2D eigenvalue weighted by atomic mass is 9.82. The van der Waals surface area contributed by atoms with Crippen LogP contribution >= 0.6 is 11.6 Å². The molecule has 0 aromatic heterocycles. The minimum atomic E-state index is -0.0355. The van der Waals surface area contributed by atoms with Gasteiger partial charge in [0.1, 0.15) is 0 Å². The predicted octanol–water partition coefficient (Wildman–Crippen LogP) is 4.33. The highest BCUT2D eigenvalue weighted by atomic mass is 35.5. The largest absolute Gasteiger partial charge is 0.385 e. The summed E-state index contributed by atoms with van der Waals surface area (Å²) in [6.45, 7) is 5.86. The standard InChI is InChI=1S/C17H25ClN2O/c1-3-19-16-8-7-14(18)10-15(16)17(21)20-11-13-6-4-5-12(2)9-13/h7-8,10,12-13,19H,3-6,9,11H2,1-2H3,(H,20,21). The van der Waals surface area contributed by atoms with Crippen LogP contribution in [0.3, 0.4) is 0 Å². The summed E-state index contributed by atoms with van der Waals surface area (Å²) >= 11 is 6.02. The molecule has 2 atom stereocenters. The molecule has 0 aliphatic heterocycles. The van der Waals surface area contributed by atoms with Gasteiger partial charge in [0, 0.05) is 23.8 Å². The molecule has 0 heterocycles. The van der Waals surface area contributed by atoms with Gasteiger partial charge in [-0.3, -0.25) is 4.79 Å². The number of carbonyl (C=O) groups excluding carboxylic acids is 1. The van der Waals surface area contributed by atoms with Crippen LogP contribution in [-0.4, -0.2) is 19.0 Å². The number of amides is 1. The van der Waals surface area contributed by atoms with Gasteiger partial charge in [-0.2, -0.15) is 0 Å². The van der Waals surface area contributed by atoms with Crippen LogP contribution < -0.4 is 10.6 Å². The van der Waals surface area contributed by atoms with E-state index in [0.29, 0.717) is 16.5 Å². The Balaban J connectivity index is 1.97. The number of anilines is 1. The first kappa shape index (κ1) is 16.2. The molecule has 0 saturated heterocycles. The van der Waals surface area contributed by atoms with Crippen molar-refractivity contribution in [1.82, 2.24) is 5.32 Å². The molecule has 0 spiro atoms. The molecule has 1 aromatic carbocycles. The predicted molar refractivity (Wildman–Crippen MR) is 89.1 cm³/mol. The molecule has 0 radical (unpaired) electrons. The van der Waals surface area contributed by atoms with Crippen LogP contribution in [-0.2, 0) is 0 Å². The first-order chi connectivity index (χ1) is 10.1. The summed E-state index contributed by atoms with van der Waals surface area (Å²) in [5.74, 6) is 1.36. The molecule has 4 heteroatoms. The molecule has 116 valence electrons. The van der Waals surface area contributed by atoms with Crippen LogP contribution in [0.2, 0.25) is 5.02 Å². The molecule has 2 unspecified atom stereocenters. The molecular formula is C17H25ClN2O. The van der Waals surface area contributed by atoms with Gasteiger partial charge in [-0.25, -0.2) is 0 Å². The number of hydrogen-bond donors (Lipinski definition) is 2. The van der Waals surface area contributed by atoms with Gasteiger partial charge >= 0.3 is 0 Å². The second-order valence-electron chi connectivity index (χ2n) is 6.07. The minimum absolute atomic E-state index is 0.0355. The van der Waals surface area contributed by atoms with Gasteiger partial charge in [-0.05, 0) is 49.8 Å². The van der Waals surface area contributed by atoms with E-state index in [-0.39, 0.29) is 5.91 Å². The number of hydrogen-bond acceptors (Lipinski definition) is 2. The molecule has 21 heavy (non-hydrogen) atoms. The molecule has 1 fully saturated rings. The van der Waals surface area contributed by atoms with Gasteiger partial charge in [0.15, 0.2) is 0 Å². The Morgan fingerprint density at radius 1 is 1.38 bits per heavy atom. The van der Waals surface area contributed by atoms with Crippen molar-refractivity contribution >= 4 is 23.2 Å². The molecular weight excluding hydrogens is 284 g/mol. The summed E-state index contributed by atoms with van der Waals surface area (Å²) in [4.78, 5) is 12.4. The van der Waals surface area contributed by atoms with E-state index in [1.54, 1.807) is 12.1 Å². The Labute approximate surface area is 132 Å². The molecule has 3 nitrogen and oxygen atoms in total. The van der Waals surface area contributed by atoms with Crippen LogP contribution in [0.1, 0.15) is 49.9 Å². The van der Waals surface area contributed by atoms with Crippen LogP contribution in [0.25, 0.3) is 0 Å². The van der Waals surface area contributed by atoms with E-state index in [2.05, 4.69) is 17.6 Å². The van der Waals surface area contributed by atoms with E-state index in [1.165, 1.54) is 25.7 Å². The molecule has 1 saturated carbocycles. The monoisotopic (exact) mass is 308 g/mol. The Kier molecular flexibility index (Phi) is 5.92. The van der Waals surface area contributed by atoms with Crippen LogP contribution in [0, 0.1) is 11.8 Å². The number of nitrogens with one attached hydrogen (secondary N) is 2. The molecule has 2 N–H and O–H groups in total. The summed E-state index contributed by atoms with van der Waals surface area (Å²) in [6, 6.07) is 5.40. The third kappa shape index (κ3) is 4.63. The molecule has 1 amide bonds. The Morgan fingerprint density at radius 2 is 2.19 bits per heavy atom. The zero-order valence-corrected chi connectivity index (χ0v) is 13.7. The highest BCUT2D eigenvalue weighted by molar-refractivity contribution is 6.31. The Morgan fingerprint density at radius 3 is 2.90 bits per heavy atom. The number of rotatable bonds is 5. The van der Waals surface area contributed by atoms with Gasteiger partial charge in [0.05, 0.1) is 5.56 Å². The molecule has 1 aliphatic rings. The highest BCUT2D eigenvalue weighted by Crippen LogP contribution is 2.28. The van der Waals surface area contributed by atoms with E-state index >= 15 is 0 Å². The topological polar surface area (TPSA) is 41.1 Å². The second kappa shape index (κ2) is 7.69. The van der Waals surface area contributed by atoms with Crippen molar-refractivity contribution in [3.63, 3.8) is 0 Å². The van der Waals surface area contributed by atoms with Crippen LogP contribution in [0.15, 0.2) is 18.2 Å². The maximum absolute atomic E-state index is 12.4. The fourth-order valence-electron chi connectivity index (χ4n) is 3.13. The first-order valence-electron chi connectivity index (χ1n) is 7.91. The van der Waals surface area contributed by atoms with E-state index in [1.807, 2.05) is 13.0 Å². The van der Waals surface area contributed by atoms with Crippen LogP contribution in [0.4, 0.5) is 5.69 Å². The van der Waals surface area contributed by atoms with Crippen molar-refractivity contribution in [2.45, 2.75) is 39.5 Å². The van der Waals surface area contributed by atoms with E-state index in [4.69, 9.17) is 11.6 Å². The molecule has 0 bridgehead atoms. The third-order valence-electron chi connectivity index (χ3n) is 4.19. The van der Waals surface area contributed by atoms with Gasteiger partial charge in [0.25, 0.3) is 5.91 Å². The number of halogens is 1. The second-order valence-corrected chi connectivity index (χ2v) is 6.50. The maximum atomic E-state index is 12.4. The smallest absolute Gasteiger partial charge is 0.253 e. The van der Waals surface area contributed by atoms with E-state index in [9.17, 15) is 4.79 Å². The minimum Gasteiger partial charge on any atom is -0.385 e. The fourth-order valence-corrected chi connectivity index (χ4v) is 3.30. The van der Waals surface area contributed by atoms with Gasteiger partial charge in [-0.15, -0.1) is 0 Å². The van der Waals surface area contributed by atoms with Crippen molar-refractivity contribution in [2.24, 2.45) is 11.8 Å². The molecule has 1 aromatic rings. The molecule has 2 rings (SSSR count). The quantitative estimate of drug-likeness (QED) is 0.850. The lowest BCUT2D eigenvalue weighted by molar-refractivity contribution is 0.0941. The van der Waals surface area contributed by atoms with Crippen molar-refractivity contribution in [2.75, 3.05) is 18.4 Å². The Hall–Kier alpha value is -1.22. The summed E-state index contributed by atoms with van der Waals surface area (Å²) in [6.07, 6.45) is 5.04. The molecule has 1 aliphatic carbocycles. The van der Waals surface area contributed by atoms with E-state index < -0.39 is 0 Å². The summed E-state index contributed by atoms with van der Waals surface area (Å²) in [5, 5.41) is 6.88. The van der Waals surface area contributed by atoms with Gasteiger partial charge in [0.2, 0.25) is 0 Å². The van der Waals surface area contributed by atoms with Gasteiger partial charge in [-0.1, -0.05) is 31.4 Å². The SMILES string of the molecule is CCNc1ccc(Cl)cc1C(=O)NCC1CCCC(C)C1. The van der Waals surface area contributed by atoms with Crippen LogP contribution in [0.5, 0.6) is 0 Å². The lowest BCUT2D eigenvalue weighted by Crippen LogP contribution is -2.32. The fraction of sp³-hybridized carbons (Fsp3) is 0.588. The van der Waals surface area contributed by atoms with Crippen molar-refractivity contribution in [1.29, 1.82) is 0 Å². The summed E-state index contributed by atoms with van der Waals surface area (Å²) in [7, 11) is 0. The van der Waals surface area contributed by atoms with Crippen molar-refractivity contribution < 1.29 is 4.79 Å². The Bertz CT molecular complexity index is 490. The third-order valence-corrected chi connectivity index (χ3v) is 4.42. The summed E-state index contributed by atoms with van der Waals surface area (Å²) in [5.41, 5.74) is 1.48. The average Bonchev–Trinajstić information content (AvgIpc) is 2.47. The first-order valence-corrected chi connectivity index (χ1v) is 8.29. The number of carbonyl (C=O) groups is 1. The average molecular weight is 309 g/mol. The zero-order chi connectivity index (χ0) is 15.2. The lowest BCUT2D eigenvalue weighted by Gasteiger charge is -2.26. The van der Waals surface area contributed by atoms with Crippen molar-refractivity contribution in [3.8, 4) is 0 Å². The van der Waals surface area contributed by atoms with Crippen molar-refractivity contribution in [3.05, 3.63) is 28.8 Å². The number of benzene rings is 1. The maximum Gasteiger partial charge on any atom is 0.253 e. The van der Waals surface area contributed by atoms with Gasteiger partial charge < -0.3 is 10.6 Å². The zero-order valence-electron chi connectivity index (χ0n) is 12.9. The normalized spacial score (nSPS) is 21.9. The van der Waals surface area contributed by atoms with E-state index in [0.717, 1.165) is 24.7 Å². The summed E-state index contributed by atoms with van der Waals surface area (Å²) < 4.78 is 0.